The average molecular weight is 854 g/mol. The van der Waals surface area contributed by atoms with Crippen LogP contribution in [0.3, 0.4) is 0 Å². The van der Waals surface area contributed by atoms with Gasteiger partial charge in [0.15, 0.2) is 0 Å². The Hall–Kier alpha value is -8.26. The molecule has 0 bridgehead atoms. The molecule has 0 amide bonds. The van der Waals surface area contributed by atoms with Crippen molar-refractivity contribution < 1.29 is 0 Å². The summed E-state index contributed by atoms with van der Waals surface area (Å²) in [4.78, 5) is 2.37. The molecule has 0 unspecified atom stereocenters. The molecule has 0 saturated heterocycles. The van der Waals surface area contributed by atoms with E-state index < -0.39 is 5.41 Å². The average Bonchev–Trinajstić information content (AvgIpc) is 3.83. The number of rotatable bonds is 8. The van der Waals surface area contributed by atoms with Gasteiger partial charge in [-0.15, -0.1) is 0 Å². The van der Waals surface area contributed by atoms with Crippen LogP contribution < -0.4 is 4.90 Å². The Kier molecular flexibility index (Phi) is 8.85. The van der Waals surface area contributed by atoms with Crippen molar-refractivity contribution in [2.24, 2.45) is 0 Å². The van der Waals surface area contributed by atoms with Crippen LogP contribution in [-0.4, -0.2) is 0 Å². The molecular formula is C66H47N. The second-order valence-corrected chi connectivity index (χ2v) is 18.8. The van der Waals surface area contributed by atoms with Gasteiger partial charge >= 0.3 is 0 Å². The number of nitrogens with zero attached hydrogens (tertiary/aromatic N) is 1. The summed E-state index contributed by atoms with van der Waals surface area (Å²) < 4.78 is 0. The lowest BCUT2D eigenvalue weighted by molar-refractivity contribution is 0.652. The van der Waals surface area contributed by atoms with E-state index in [1.54, 1.807) is 0 Å². The summed E-state index contributed by atoms with van der Waals surface area (Å²) in [6, 6.07) is 92.2. The first-order valence-electron chi connectivity index (χ1n) is 23.5. The molecule has 0 atom stereocenters. The van der Waals surface area contributed by atoms with Gasteiger partial charge in [0.05, 0.1) is 5.41 Å². The van der Waals surface area contributed by atoms with E-state index in [4.69, 9.17) is 0 Å². The Labute approximate surface area is 392 Å². The molecule has 0 fully saturated rings. The SMILES string of the molecule is CC1(C)c2cccc3c2-c2c1cccc2C3(c1ccccc1)c1ccc(-c2ccc(N(c3ccc(-c4cccc5ccccc45)cc3)c3ccc(-c4cccc5ccccc45)cc3)cc2)cc1. The molecule has 2 aliphatic rings. The summed E-state index contributed by atoms with van der Waals surface area (Å²) in [5, 5.41) is 5.02. The van der Waals surface area contributed by atoms with Gasteiger partial charge in [0, 0.05) is 22.5 Å². The molecule has 1 nitrogen and oxygen atoms in total. The highest BCUT2D eigenvalue weighted by molar-refractivity contribution is 5.99. The van der Waals surface area contributed by atoms with Crippen LogP contribution in [0.4, 0.5) is 17.1 Å². The van der Waals surface area contributed by atoms with E-state index in [2.05, 4.69) is 267 Å². The summed E-state index contributed by atoms with van der Waals surface area (Å²) in [6.07, 6.45) is 0. The molecule has 0 aliphatic heterocycles. The maximum Gasteiger partial charge on any atom is 0.0713 e. The van der Waals surface area contributed by atoms with E-state index in [0.717, 1.165) is 17.1 Å². The number of fused-ring (bicyclic) bond motifs is 2. The highest BCUT2D eigenvalue weighted by atomic mass is 15.1. The van der Waals surface area contributed by atoms with Crippen molar-refractivity contribution in [3.05, 3.63) is 282 Å². The monoisotopic (exact) mass is 853 g/mol. The van der Waals surface area contributed by atoms with Gasteiger partial charge < -0.3 is 4.90 Å². The van der Waals surface area contributed by atoms with Crippen molar-refractivity contribution in [1.29, 1.82) is 0 Å². The lowest BCUT2D eigenvalue weighted by Gasteiger charge is -2.36. The molecule has 2 aliphatic carbocycles. The van der Waals surface area contributed by atoms with Crippen molar-refractivity contribution in [1.82, 2.24) is 0 Å². The van der Waals surface area contributed by atoms with Gasteiger partial charge in [-0.1, -0.05) is 226 Å². The third-order valence-electron chi connectivity index (χ3n) is 15.0. The normalized spacial score (nSPS) is 13.8. The van der Waals surface area contributed by atoms with Crippen molar-refractivity contribution >= 4 is 38.6 Å². The zero-order valence-corrected chi connectivity index (χ0v) is 37.6. The molecule has 0 N–H and O–H groups in total. The summed E-state index contributed by atoms with van der Waals surface area (Å²) in [6.45, 7) is 4.76. The largest absolute Gasteiger partial charge is 0.311 e. The van der Waals surface area contributed by atoms with Crippen molar-refractivity contribution in [2.45, 2.75) is 24.7 Å². The predicted molar refractivity (Wildman–Crippen MR) is 282 cm³/mol. The molecular weight excluding hydrogens is 807 g/mol. The molecule has 67 heavy (non-hydrogen) atoms. The minimum Gasteiger partial charge on any atom is -0.311 e. The van der Waals surface area contributed by atoms with Crippen LogP contribution in [0.15, 0.2) is 249 Å². The van der Waals surface area contributed by atoms with Gasteiger partial charge in [0.2, 0.25) is 0 Å². The number of anilines is 3. The molecule has 13 rings (SSSR count). The van der Waals surface area contributed by atoms with E-state index >= 15 is 0 Å². The van der Waals surface area contributed by atoms with Crippen LogP contribution in [-0.2, 0) is 10.8 Å². The zero-order valence-electron chi connectivity index (χ0n) is 37.6. The lowest BCUT2D eigenvalue weighted by Crippen LogP contribution is -2.30. The summed E-state index contributed by atoms with van der Waals surface area (Å²) in [5.74, 6) is 0. The Morgan fingerprint density at radius 3 is 1.12 bits per heavy atom. The molecule has 0 spiro atoms. The van der Waals surface area contributed by atoms with Gasteiger partial charge in [-0.25, -0.2) is 0 Å². The Balaban J connectivity index is 0.882. The molecule has 0 heterocycles. The molecule has 11 aromatic rings. The highest BCUT2D eigenvalue weighted by Crippen LogP contribution is 2.64. The first-order chi connectivity index (χ1) is 33.0. The maximum absolute atomic E-state index is 2.38. The predicted octanol–water partition coefficient (Wildman–Crippen LogP) is 17.5. The summed E-state index contributed by atoms with van der Waals surface area (Å²) in [7, 11) is 0. The van der Waals surface area contributed by atoms with Gasteiger partial charge in [0.25, 0.3) is 0 Å². The van der Waals surface area contributed by atoms with Gasteiger partial charge in [-0.2, -0.15) is 0 Å². The molecule has 11 aromatic carbocycles. The minimum absolute atomic E-state index is 0.0347. The van der Waals surface area contributed by atoms with E-state index in [9.17, 15) is 0 Å². The van der Waals surface area contributed by atoms with Crippen LogP contribution >= 0.6 is 0 Å². The Morgan fingerprint density at radius 1 is 0.284 bits per heavy atom. The lowest BCUT2D eigenvalue weighted by atomic mass is 9.65. The minimum atomic E-state index is -0.413. The summed E-state index contributed by atoms with van der Waals surface area (Å²) in [5.41, 5.74) is 21.2. The van der Waals surface area contributed by atoms with E-state index in [-0.39, 0.29) is 5.41 Å². The third kappa shape index (κ3) is 5.94. The molecule has 0 saturated carbocycles. The topological polar surface area (TPSA) is 3.24 Å². The van der Waals surface area contributed by atoms with Crippen molar-refractivity contribution in [2.75, 3.05) is 4.90 Å². The summed E-state index contributed by atoms with van der Waals surface area (Å²) >= 11 is 0. The fourth-order valence-electron chi connectivity index (χ4n) is 11.8. The maximum atomic E-state index is 2.38. The number of hydrogen-bond acceptors (Lipinski definition) is 1. The zero-order chi connectivity index (χ0) is 44.7. The number of hydrogen-bond donors (Lipinski definition) is 0. The first-order valence-corrected chi connectivity index (χ1v) is 23.5. The molecule has 1 heteroatoms. The molecule has 0 aromatic heterocycles. The molecule has 0 radical (unpaired) electrons. The quantitative estimate of drug-likeness (QED) is 0.147. The Morgan fingerprint density at radius 2 is 0.642 bits per heavy atom. The highest BCUT2D eigenvalue weighted by Gasteiger charge is 2.52. The smallest absolute Gasteiger partial charge is 0.0713 e. The van der Waals surface area contributed by atoms with Gasteiger partial charge in [-0.05, 0) is 136 Å². The second-order valence-electron chi connectivity index (χ2n) is 18.8. The van der Waals surface area contributed by atoms with Crippen LogP contribution in [0.2, 0.25) is 0 Å². The molecule has 316 valence electrons. The number of benzene rings is 11. The van der Waals surface area contributed by atoms with Crippen LogP contribution in [0.25, 0.3) is 66.1 Å². The standard InChI is InChI=1S/C66H47N/c1-65(2)59-24-12-26-61-63(59)64-60(65)25-13-27-62(64)66(61,50-18-4-3-5-19-50)51-36-28-44(29-37-51)45-30-38-52(39-31-45)67(53-40-32-48(33-41-53)57-22-10-16-46-14-6-8-20-55(46)57)54-42-34-49(35-43-54)58-23-11-17-47-15-7-9-21-56(47)58/h3-43H,1-2H3. The van der Waals surface area contributed by atoms with E-state index in [1.165, 1.54) is 99.4 Å². The first kappa shape index (κ1) is 39.1. The second kappa shape index (κ2) is 15.2. The fraction of sp³-hybridized carbons (Fsp3) is 0.0606. The van der Waals surface area contributed by atoms with Crippen molar-refractivity contribution in [3.63, 3.8) is 0 Å². The van der Waals surface area contributed by atoms with Crippen molar-refractivity contribution in [3.8, 4) is 44.5 Å². The van der Waals surface area contributed by atoms with Gasteiger partial charge in [-0.3, -0.25) is 0 Å². The third-order valence-corrected chi connectivity index (χ3v) is 15.0. The van der Waals surface area contributed by atoms with E-state index in [1.807, 2.05) is 0 Å². The van der Waals surface area contributed by atoms with Crippen LogP contribution in [0.1, 0.15) is 47.2 Å². The van der Waals surface area contributed by atoms with E-state index in [0.29, 0.717) is 0 Å². The van der Waals surface area contributed by atoms with Crippen LogP contribution in [0, 0.1) is 0 Å². The van der Waals surface area contributed by atoms with Gasteiger partial charge in [0.1, 0.15) is 0 Å². The Bertz CT molecular complexity index is 3490. The van der Waals surface area contributed by atoms with Crippen LogP contribution in [0.5, 0.6) is 0 Å². The fourth-order valence-corrected chi connectivity index (χ4v) is 11.8.